The van der Waals surface area contributed by atoms with Crippen LogP contribution in [0.3, 0.4) is 0 Å². The molecule has 0 spiro atoms. The Bertz CT molecular complexity index is 685. The molecule has 1 unspecified atom stereocenters. The molecule has 132 valence electrons. The molecule has 3 nitrogen and oxygen atoms in total. The van der Waals surface area contributed by atoms with Gasteiger partial charge in [0.05, 0.1) is 0 Å². The van der Waals surface area contributed by atoms with E-state index in [1.165, 1.54) is 12.1 Å². The minimum absolute atomic E-state index is 0.0499. The summed E-state index contributed by atoms with van der Waals surface area (Å²) in [5.41, 5.74) is -3.66. The standard InChI is InChI=1S/C14H11ClF6N2O/c15-8-3-4-10-9(5-8)13(7-1-2-7,14(19,20)21)23(11(24)22-10)6-12(16,17)18/h3-5,7H,1-2,6H2,(H,22,24). The van der Waals surface area contributed by atoms with Gasteiger partial charge in [-0.25, -0.2) is 4.79 Å². The Morgan fingerprint density at radius 2 is 1.83 bits per heavy atom. The SMILES string of the molecule is O=C1Nc2ccc(Cl)cc2C(C2CC2)(C(F)(F)F)N1CC(F)(F)F. The first-order chi connectivity index (χ1) is 11.0. The van der Waals surface area contributed by atoms with Crippen LogP contribution in [0.2, 0.25) is 5.02 Å². The molecule has 0 saturated heterocycles. The van der Waals surface area contributed by atoms with Gasteiger partial charge in [0, 0.05) is 16.3 Å². The first kappa shape index (κ1) is 17.2. The van der Waals surface area contributed by atoms with Crippen LogP contribution in [0, 0.1) is 5.92 Å². The van der Waals surface area contributed by atoms with E-state index in [-0.39, 0.29) is 28.5 Å². The summed E-state index contributed by atoms with van der Waals surface area (Å²) in [6, 6.07) is 1.99. The van der Waals surface area contributed by atoms with Crippen LogP contribution < -0.4 is 5.32 Å². The zero-order valence-electron chi connectivity index (χ0n) is 11.9. The van der Waals surface area contributed by atoms with Crippen molar-refractivity contribution in [2.45, 2.75) is 30.7 Å². The molecule has 1 N–H and O–H groups in total. The highest BCUT2D eigenvalue weighted by Crippen LogP contribution is 2.61. The quantitative estimate of drug-likeness (QED) is 0.734. The van der Waals surface area contributed by atoms with Gasteiger partial charge in [0.25, 0.3) is 0 Å². The van der Waals surface area contributed by atoms with Crippen LogP contribution in [-0.2, 0) is 5.54 Å². The maximum absolute atomic E-state index is 14.1. The van der Waals surface area contributed by atoms with Gasteiger partial charge in [-0.05, 0) is 37.0 Å². The van der Waals surface area contributed by atoms with Crippen LogP contribution in [-0.4, -0.2) is 29.8 Å². The van der Waals surface area contributed by atoms with Gasteiger partial charge in [-0.2, -0.15) is 26.3 Å². The topological polar surface area (TPSA) is 32.3 Å². The van der Waals surface area contributed by atoms with Gasteiger partial charge in [0.1, 0.15) is 6.54 Å². The number of halogens is 7. The van der Waals surface area contributed by atoms with Crippen molar-refractivity contribution in [2.24, 2.45) is 5.92 Å². The molecule has 0 aromatic heterocycles. The van der Waals surface area contributed by atoms with Crippen LogP contribution in [0.25, 0.3) is 0 Å². The fourth-order valence-corrected chi connectivity index (χ4v) is 3.46. The highest BCUT2D eigenvalue weighted by Gasteiger charge is 2.70. The van der Waals surface area contributed by atoms with Crippen molar-refractivity contribution in [1.82, 2.24) is 4.90 Å². The molecular weight excluding hydrogens is 362 g/mol. The Morgan fingerprint density at radius 1 is 1.21 bits per heavy atom. The smallest absolute Gasteiger partial charge is 0.307 e. The molecule has 1 saturated carbocycles. The first-order valence-corrected chi connectivity index (χ1v) is 7.37. The Morgan fingerprint density at radius 3 is 2.33 bits per heavy atom. The lowest BCUT2D eigenvalue weighted by molar-refractivity contribution is -0.252. The van der Waals surface area contributed by atoms with Gasteiger partial charge in [0.15, 0.2) is 5.54 Å². The summed E-state index contributed by atoms with van der Waals surface area (Å²) in [4.78, 5) is 11.9. The molecule has 1 heterocycles. The number of nitrogens with zero attached hydrogens (tertiary/aromatic N) is 1. The van der Waals surface area contributed by atoms with Crippen molar-refractivity contribution >= 4 is 23.3 Å². The van der Waals surface area contributed by atoms with E-state index in [4.69, 9.17) is 11.6 Å². The predicted molar refractivity (Wildman–Crippen MR) is 73.7 cm³/mol. The van der Waals surface area contributed by atoms with Gasteiger partial charge in [-0.1, -0.05) is 11.6 Å². The maximum Gasteiger partial charge on any atom is 0.416 e. The fourth-order valence-electron chi connectivity index (χ4n) is 3.28. The van der Waals surface area contributed by atoms with E-state index in [1.807, 2.05) is 0 Å². The number of hydrogen-bond acceptors (Lipinski definition) is 1. The van der Waals surface area contributed by atoms with E-state index < -0.39 is 41.9 Å². The van der Waals surface area contributed by atoms with Gasteiger partial charge in [0.2, 0.25) is 0 Å². The van der Waals surface area contributed by atoms with E-state index in [1.54, 1.807) is 0 Å². The molecule has 1 aliphatic heterocycles. The summed E-state index contributed by atoms with van der Waals surface area (Å²) in [5.74, 6) is -1.14. The molecule has 3 rings (SSSR count). The number of carbonyl (C=O) groups excluding carboxylic acids is 1. The summed E-state index contributed by atoms with van der Waals surface area (Å²) in [6.07, 6.45) is -9.91. The van der Waals surface area contributed by atoms with Gasteiger partial charge >= 0.3 is 18.4 Å². The van der Waals surface area contributed by atoms with Gasteiger partial charge in [-0.15, -0.1) is 0 Å². The fraction of sp³-hybridized carbons (Fsp3) is 0.500. The molecule has 2 amide bonds. The summed E-state index contributed by atoms with van der Waals surface area (Å²) < 4.78 is 80.8. The number of rotatable bonds is 2. The van der Waals surface area contributed by atoms with Crippen LogP contribution >= 0.6 is 11.6 Å². The number of fused-ring (bicyclic) bond motifs is 1. The van der Waals surface area contributed by atoms with Crippen molar-refractivity contribution in [3.8, 4) is 0 Å². The maximum atomic E-state index is 14.1. The zero-order chi connectivity index (χ0) is 17.9. The second kappa shape index (κ2) is 5.18. The molecule has 1 atom stereocenters. The molecule has 0 radical (unpaired) electrons. The average Bonchev–Trinajstić information content (AvgIpc) is 3.22. The largest absolute Gasteiger partial charge is 0.416 e. The third kappa shape index (κ3) is 2.58. The number of anilines is 1. The second-order valence-corrected chi connectivity index (χ2v) is 6.30. The zero-order valence-corrected chi connectivity index (χ0v) is 12.7. The van der Waals surface area contributed by atoms with Crippen molar-refractivity contribution in [3.63, 3.8) is 0 Å². The molecule has 1 aromatic rings. The van der Waals surface area contributed by atoms with Crippen LogP contribution in [0.15, 0.2) is 18.2 Å². The third-order valence-electron chi connectivity index (χ3n) is 4.24. The van der Waals surface area contributed by atoms with Crippen molar-refractivity contribution < 1.29 is 31.1 Å². The normalized spacial score (nSPS) is 24.6. The van der Waals surface area contributed by atoms with Gasteiger partial charge in [-0.3, -0.25) is 4.90 Å². The number of nitrogens with one attached hydrogen (secondary N) is 1. The van der Waals surface area contributed by atoms with E-state index in [2.05, 4.69) is 5.32 Å². The van der Waals surface area contributed by atoms with Crippen LogP contribution in [0.1, 0.15) is 18.4 Å². The minimum Gasteiger partial charge on any atom is -0.307 e. The number of carbonyl (C=O) groups is 1. The number of hydrogen-bond donors (Lipinski definition) is 1. The molecule has 1 aliphatic carbocycles. The lowest BCUT2D eigenvalue weighted by Gasteiger charge is -2.49. The summed E-state index contributed by atoms with van der Waals surface area (Å²) in [6.45, 7) is -2.00. The highest BCUT2D eigenvalue weighted by molar-refractivity contribution is 6.30. The average molecular weight is 373 g/mol. The summed E-state index contributed by atoms with van der Waals surface area (Å²) in [5, 5.41) is 2.05. The Hall–Kier alpha value is -1.64. The van der Waals surface area contributed by atoms with Crippen molar-refractivity contribution in [2.75, 3.05) is 11.9 Å². The molecule has 24 heavy (non-hydrogen) atoms. The molecule has 2 aliphatic rings. The molecule has 1 aromatic carbocycles. The van der Waals surface area contributed by atoms with Crippen molar-refractivity contribution in [1.29, 1.82) is 0 Å². The Labute approximate surface area is 137 Å². The lowest BCUT2D eigenvalue weighted by atomic mass is 9.79. The van der Waals surface area contributed by atoms with E-state index in [0.717, 1.165) is 6.07 Å². The Kier molecular flexibility index (Phi) is 3.71. The molecule has 0 bridgehead atoms. The monoisotopic (exact) mass is 372 g/mol. The van der Waals surface area contributed by atoms with Crippen LogP contribution in [0.5, 0.6) is 0 Å². The summed E-state index contributed by atoms with van der Waals surface area (Å²) in [7, 11) is 0. The van der Waals surface area contributed by atoms with E-state index >= 15 is 0 Å². The Balaban J connectivity index is 2.27. The van der Waals surface area contributed by atoms with Crippen LogP contribution in [0.4, 0.5) is 36.8 Å². The summed E-state index contributed by atoms with van der Waals surface area (Å²) >= 11 is 5.78. The van der Waals surface area contributed by atoms with E-state index in [9.17, 15) is 31.1 Å². The number of amides is 2. The molecule has 1 fully saturated rings. The van der Waals surface area contributed by atoms with Crippen molar-refractivity contribution in [3.05, 3.63) is 28.8 Å². The molecule has 10 heteroatoms. The predicted octanol–water partition coefficient (Wildman–Crippen LogP) is 4.92. The highest BCUT2D eigenvalue weighted by atomic mass is 35.5. The number of benzene rings is 1. The number of alkyl halides is 6. The second-order valence-electron chi connectivity index (χ2n) is 5.86. The van der Waals surface area contributed by atoms with Gasteiger partial charge < -0.3 is 5.32 Å². The minimum atomic E-state index is -5.09. The van der Waals surface area contributed by atoms with E-state index in [0.29, 0.717) is 0 Å². The number of urea groups is 1. The third-order valence-corrected chi connectivity index (χ3v) is 4.48. The molecular formula is C14H11ClF6N2O. The lowest BCUT2D eigenvalue weighted by Crippen LogP contribution is -2.65. The first-order valence-electron chi connectivity index (χ1n) is 6.99.